The van der Waals surface area contributed by atoms with Crippen molar-refractivity contribution in [2.75, 3.05) is 33.9 Å². The summed E-state index contributed by atoms with van der Waals surface area (Å²) in [5, 5.41) is 6.64. The standard InChI is InChI=1S/C22H31N3O3.HI/c1-4-23-22(24-14-8-9-15-28-19-10-6-5-7-11-19)25-17-18-12-13-20(26-2)21(16-18)27-3;/h5-7,10-13,16H,4,8-9,14-15,17H2,1-3H3,(H2,23,24,25);1H. The van der Waals surface area contributed by atoms with E-state index in [0.717, 1.165) is 49.0 Å². The minimum atomic E-state index is 0. The number of halogens is 1. The molecule has 7 heteroatoms. The van der Waals surface area contributed by atoms with Crippen molar-refractivity contribution in [1.82, 2.24) is 10.6 Å². The zero-order valence-electron chi connectivity index (χ0n) is 17.4. The number of hydrogen-bond donors (Lipinski definition) is 2. The van der Waals surface area contributed by atoms with Crippen LogP contribution >= 0.6 is 24.0 Å². The molecule has 0 aliphatic carbocycles. The van der Waals surface area contributed by atoms with Gasteiger partial charge >= 0.3 is 0 Å². The minimum absolute atomic E-state index is 0. The molecule has 0 atom stereocenters. The molecule has 0 aliphatic rings. The average molecular weight is 513 g/mol. The second kappa shape index (κ2) is 14.8. The van der Waals surface area contributed by atoms with Crippen LogP contribution in [-0.4, -0.2) is 39.9 Å². The van der Waals surface area contributed by atoms with E-state index in [1.54, 1.807) is 14.2 Å². The number of guanidine groups is 1. The Morgan fingerprint density at radius 1 is 0.931 bits per heavy atom. The molecule has 160 valence electrons. The first-order valence-corrected chi connectivity index (χ1v) is 9.67. The molecule has 0 saturated heterocycles. The Hall–Kier alpha value is -2.16. The molecule has 0 saturated carbocycles. The van der Waals surface area contributed by atoms with E-state index in [2.05, 4.69) is 22.5 Å². The van der Waals surface area contributed by atoms with Crippen LogP contribution in [0.15, 0.2) is 53.5 Å². The van der Waals surface area contributed by atoms with Crippen molar-refractivity contribution in [3.8, 4) is 17.2 Å². The van der Waals surface area contributed by atoms with E-state index in [9.17, 15) is 0 Å². The summed E-state index contributed by atoms with van der Waals surface area (Å²) in [6, 6.07) is 15.7. The number of para-hydroxylation sites is 1. The Kier molecular flexibility index (Phi) is 12.7. The summed E-state index contributed by atoms with van der Waals surface area (Å²) < 4.78 is 16.3. The van der Waals surface area contributed by atoms with E-state index >= 15 is 0 Å². The largest absolute Gasteiger partial charge is 0.494 e. The average Bonchev–Trinajstić information content (AvgIpc) is 2.74. The monoisotopic (exact) mass is 513 g/mol. The first-order chi connectivity index (χ1) is 13.8. The molecule has 0 unspecified atom stereocenters. The van der Waals surface area contributed by atoms with E-state index in [4.69, 9.17) is 14.2 Å². The van der Waals surface area contributed by atoms with E-state index in [1.807, 2.05) is 48.5 Å². The molecular formula is C22H32IN3O3. The third kappa shape index (κ3) is 9.25. The predicted molar refractivity (Wildman–Crippen MR) is 129 cm³/mol. The minimum Gasteiger partial charge on any atom is -0.494 e. The molecule has 0 aliphatic heterocycles. The number of nitrogens with zero attached hydrogens (tertiary/aromatic N) is 1. The molecule has 2 aromatic carbocycles. The smallest absolute Gasteiger partial charge is 0.191 e. The lowest BCUT2D eigenvalue weighted by molar-refractivity contribution is 0.307. The van der Waals surface area contributed by atoms with Gasteiger partial charge in [0.05, 0.1) is 27.4 Å². The molecule has 0 spiro atoms. The second-order valence-corrected chi connectivity index (χ2v) is 6.18. The quantitative estimate of drug-likeness (QED) is 0.204. The van der Waals surface area contributed by atoms with Gasteiger partial charge in [0, 0.05) is 13.1 Å². The highest BCUT2D eigenvalue weighted by Gasteiger charge is 2.04. The summed E-state index contributed by atoms with van der Waals surface area (Å²) in [5.74, 6) is 3.16. The first-order valence-electron chi connectivity index (χ1n) is 9.67. The van der Waals surface area contributed by atoms with Crippen LogP contribution in [0.3, 0.4) is 0 Å². The predicted octanol–water partition coefficient (Wildman–Crippen LogP) is 4.24. The fourth-order valence-corrected chi connectivity index (χ4v) is 2.63. The summed E-state index contributed by atoms with van der Waals surface area (Å²) in [6.07, 6.45) is 1.99. The highest BCUT2D eigenvalue weighted by Crippen LogP contribution is 2.27. The van der Waals surface area contributed by atoms with Gasteiger partial charge in [-0.05, 0) is 49.6 Å². The van der Waals surface area contributed by atoms with Gasteiger partial charge in [-0.2, -0.15) is 0 Å². The van der Waals surface area contributed by atoms with Crippen LogP contribution in [0.4, 0.5) is 0 Å². The van der Waals surface area contributed by atoms with Gasteiger partial charge in [-0.15, -0.1) is 24.0 Å². The van der Waals surface area contributed by atoms with Gasteiger partial charge in [0.2, 0.25) is 0 Å². The van der Waals surface area contributed by atoms with Crippen molar-refractivity contribution < 1.29 is 14.2 Å². The van der Waals surface area contributed by atoms with E-state index < -0.39 is 0 Å². The highest BCUT2D eigenvalue weighted by atomic mass is 127. The lowest BCUT2D eigenvalue weighted by Gasteiger charge is -2.12. The molecule has 2 N–H and O–H groups in total. The lowest BCUT2D eigenvalue weighted by atomic mass is 10.2. The molecule has 2 rings (SSSR count). The first kappa shape index (κ1) is 24.9. The third-order valence-corrected chi connectivity index (χ3v) is 4.09. The molecule has 0 radical (unpaired) electrons. The summed E-state index contributed by atoms with van der Waals surface area (Å²) in [4.78, 5) is 4.65. The molecular weight excluding hydrogens is 481 g/mol. The molecule has 0 aromatic heterocycles. The number of hydrogen-bond acceptors (Lipinski definition) is 4. The van der Waals surface area contributed by atoms with Gasteiger partial charge in [-0.25, -0.2) is 4.99 Å². The fourth-order valence-electron chi connectivity index (χ4n) is 2.63. The number of unbranched alkanes of at least 4 members (excludes halogenated alkanes) is 1. The van der Waals surface area contributed by atoms with Crippen LogP contribution in [-0.2, 0) is 6.54 Å². The van der Waals surface area contributed by atoms with Gasteiger partial charge in [0.1, 0.15) is 5.75 Å². The third-order valence-electron chi connectivity index (χ3n) is 4.09. The van der Waals surface area contributed by atoms with Gasteiger partial charge in [0.15, 0.2) is 17.5 Å². The molecule has 0 bridgehead atoms. The summed E-state index contributed by atoms with van der Waals surface area (Å²) in [5.41, 5.74) is 1.06. The molecule has 0 heterocycles. The van der Waals surface area contributed by atoms with Gasteiger partial charge in [-0.1, -0.05) is 24.3 Å². The number of benzene rings is 2. The van der Waals surface area contributed by atoms with E-state index in [0.29, 0.717) is 18.9 Å². The normalized spacial score (nSPS) is 10.7. The van der Waals surface area contributed by atoms with Crippen molar-refractivity contribution in [2.45, 2.75) is 26.3 Å². The van der Waals surface area contributed by atoms with Crippen molar-refractivity contribution in [3.63, 3.8) is 0 Å². The summed E-state index contributed by atoms with van der Waals surface area (Å²) >= 11 is 0. The maximum atomic E-state index is 5.71. The SMILES string of the molecule is CCNC(=NCc1ccc(OC)c(OC)c1)NCCCCOc1ccccc1.I. The molecule has 0 fully saturated rings. The molecule has 6 nitrogen and oxygen atoms in total. The number of aliphatic imine (C=N–C) groups is 1. The molecule has 2 aromatic rings. The van der Waals surface area contributed by atoms with Crippen LogP contribution in [0.5, 0.6) is 17.2 Å². The zero-order valence-corrected chi connectivity index (χ0v) is 19.8. The fraction of sp³-hybridized carbons (Fsp3) is 0.409. The Morgan fingerprint density at radius 3 is 2.38 bits per heavy atom. The Balaban J connectivity index is 0.00000420. The van der Waals surface area contributed by atoms with Crippen molar-refractivity contribution >= 4 is 29.9 Å². The second-order valence-electron chi connectivity index (χ2n) is 6.18. The van der Waals surface area contributed by atoms with Crippen LogP contribution in [0, 0.1) is 0 Å². The maximum Gasteiger partial charge on any atom is 0.191 e. The Labute approximate surface area is 191 Å². The lowest BCUT2D eigenvalue weighted by Crippen LogP contribution is -2.37. The molecule has 0 amide bonds. The van der Waals surface area contributed by atoms with E-state index in [-0.39, 0.29) is 24.0 Å². The number of nitrogens with one attached hydrogen (secondary N) is 2. The van der Waals surface area contributed by atoms with E-state index in [1.165, 1.54) is 0 Å². The van der Waals surface area contributed by atoms with Crippen LogP contribution < -0.4 is 24.8 Å². The van der Waals surface area contributed by atoms with Crippen molar-refractivity contribution in [1.29, 1.82) is 0 Å². The van der Waals surface area contributed by atoms with Crippen molar-refractivity contribution in [2.24, 2.45) is 4.99 Å². The number of rotatable bonds is 11. The van der Waals surface area contributed by atoms with Gasteiger partial charge in [0.25, 0.3) is 0 Å². The van der Waals surface area contributed by atoms with Gasteiger partial charge < -0.3 is 24.8 Å². The summed E-state index contributed by atoms with van der Waals surface area (Å²) in [7, 11) is 3.27. The Morgan fingerprint density at radius 2 is 1.69 bits per heavy atom. The number of ether oxygens (including phenoxy) is 3. The van der Waals surface area contributed by atoms with Crippen molar-refractivity contribution in [3.05, 3.63) is 54.1 Å². The summed E-state index contributed by atoms with van der Waals surface area (Å²) in [6.45, 7) is 4.99. The molecule has 29 heavy (non-hydrogen) atoms. The van der Waals surface area contributed by atoms with Crippen LogP contribution in [0.25, 0.3) is 0 Å². The van der Waals surface area contributed by atoms with Crippen LogP contribution in [0.2, 0.25) is 0 Å². The number of methoxy groups -OCH3 is 2. The maximum absolute atomic E-state index is 5.71. The highest BCUT2D eigenvalue weighted by molar-refractivity contribution is 14.0. The van der Waals surface area contributed by atoms with Gasteiger partial charge in [-0.3, -0.25) is 0 Å². The zero-order chi connectivity index (χ0) is 20.0. The van der Waals surface area contributed by atoms with Crippen LogP contribution in [0.1, 0.15) is 25.3 Å². The Bertz CT molecular complexity index is 726. The topological polar surface area (TPSA) is 64.1 Å².